The van der Waals surface area contributed by atoms with Gasteiger partial charge in [-0.3, -0.25) is 4.79 Å². The van der Waals surface area contributed by atoms with Gasteiger partial charge in [0.15, 0.2) is 0 Å². The maximum atomic E-state index is 12.9. The van der Waals surface area contributed by atoms with Gasteiger partial charge in [0.1, 0.15) is 11.6 Å². The van der Waals surface area contributed by atoms with E-state index in [2.05, 4.69) is 46.9 Å². The third-order valence-corrected chi connectivity index (χ3v) is 5.68. The van der Waals surface area contributed by atoms with Gasteiger partial charge in [-0.05, 0) is 26.7 Å². The number of nitrogens with zero attached hydrogens (tertiary/aromatic N) is 4. The molecule has 2 aliphatic heterocycles. The summed E-state index contributed by atoms with van der Waals surface area (Å²) in [6, 6.07) is 2.53. The smallest absolute Gasteiger partial charge is 0.224 e. The fourth-order valence-electron chi connectivity index (χ4n) is 4.12. The molecule has 1 N–H and O–H groups in total. The summed E-state index contributed by atoms with van der Waals surface area (Å²) in [5.41, 5.74) is 1.02. The molecule has 2 saturated heterocycles. The third kappa shape index (κ3) is 5.20. The fraction of sp³-hybridized carbons (Fsp3) is 0.762. The van der Waals surface area contributed by atoms with E-state index in [4.69, 9.17) is 9.72 Å². The molecule has 1 aromatic rings. The first kappa shape index (κ1) is 21.0. The Morgan fingerprint density at radius 3 is 2.71 bits per heavy atom. The second-order valence-corrected chi connectivity index (χ2v) is 8.21. The molecule has 0 aromatic carbocycles. The number of carbonyl (C=O) groups excluding carboxylic acids is 1. The average molecular weight is 390 g/mol. The summed E-state index contributed by atoms with van der Waals surface area (Å²) in [4.78, 5) is 26.6. The van der Waals surface area contributed by atoms with Crippen LogP contribution < -0.4 is 10.2 Å². The Morgan fingerprint density at radius 1 is 1.36 bits per heavy atom. The lowest BCUT2D eigenvalue weighted by Gasteiger charge is -2.39. The Kier molecular flexibility index (Phi) is 7.24. The summed E-state index contributed by atoms with van der Waals surface area (Å²) in [5.74, 6) is 2.49. The van der Waals surface area contributed by atoms with Crippen LogP contribution in [0.5, 0.6) is 0 Å². The van der Waals surface area contributed by atoms with E-state index in [0.717, 1.165) is 63.0 Å². The highest BCUT2D eigenvalue weighted by Gasteiger charge is 2.29. The highest BCUT2D eigenvalue weighted by atomic mass is 16.5. The third-order valence-electron chi connectivity index (χ3n) is 5.68. The maximum absolute atomic E-state index is 12.9. The van der Waals surface area contributed by atoms with E-state index in [1.54, 1.807) is 0 Å². The molecule has 0 spiro atoms. The summed E-state index contributed by atoms with van der Waals surface area (Å²) < 4.78 is 5.49. The standard InChI is InChI=1S/C21H35N5O2/c1-5-26(20(27)13-17-14-28-11-8-22-17)18-6-9-25(10-7-18)19-12-16(4)23-21(24-19)15(2)3/h12,15,17-18,22H,5-11,13-14H2,1-4H3. The van der Waals surface area contributed by atoms with Crippen molar-refractivity contribution in [3.05, 3.63) is 17.6 Å². The van der Waals surface area contributed by atoms with E-state index in [-0.39, 0.29) is 11.9 Å². The number of aryl methyl sites for hydroxylation is 1. The van der Waals surface area contributed by atoms with Crippen LogP contribution in [0.4, 0.5) is 5.82 Å². The first-order chi connectivity index (χ1) is 13.5. The van der Waals surface area contributed by atoms with Crippen molar-refractivity contribution in [3.8, 4) is 0 Å². The van der Waals surface area contributed by atoms with E-state index >= 15 is 0 Å². The van der Waals surface area contributed by atoms with E-state index in [9.17, 15) is 4.79 Å². The molecule has 156 valence electrons. The van der Waals surface area contributed by atoms with E-state index in [1.807, 2.05) is 6.92 Å². The molecule has 1 unspecified atom stereocenters. The molecule has 7 heteroatoms. The van der Waals surface area contributed by atoms with Crippen molar-refractivity contribution in [2.45, 2.75) is 65.0 Å². The lowest BCUT2D eigenvalue weighted by Crippen LogP contribution is -2.50. The zero-order valence-corrected chi connectivity index (χ0v) is 17.8. The monoisotopic (exact) mass is 389 g/mol. The number of hydrogen-bond acceptors (Lipinski definition) is 6. The molecule has 0 saturated carbocycles. The molecule has 0 radical (unpaired) electrons. The Labute approximate surface area is 168 Å². The number of ether oxygens (including phenoxy) is 1. The first-order valence-corrected chi connectivity index (χ1v) is 10.7. The molecule has 3 heterocycles. The molecule has 0 aliphatic carbocycles. The number of hydrogen-bond donors (Lipinski definition) is 1. The molecule has 2 aliphatic rings. The van der Waals surface area contributed by atoms with Gasteiger partial charge in [-0.25, -0.2) is 9.97 Å². The molecule has 2 fully saturated rings. The second kappa shape index (κ2) is 9.65. The predicted molar refractivity (Wildman–Crippen MR) is 111 cm³/mol. The van der Waals surface area contributed by atoms with Crippen molar-refractivity contribution in [1.29, 1.82) is 0 Å². The highest BCUT2D eigenvalue weighted by molar-refractivity contribution is 5.77. The number of morpholine rings is 1. The Hall–Kier alpha value is -1.73. The number of carbonyl (C=O) groups is 1. The van der Waals surface area contributed by atoms with Crippen molar-refractivity contribution in [1.82, 2.24) is 20.2 Å². The highest BCUT2D eigenvalue weighted by Crippen LogP contribution is 2.24. The average Bonchev–Trinajstić information content (AvgIpc) is 2.69. The van der Waals surface area contributed by atoms with Crippen molar-refractivity contribution < 1.29 is 9.53 Å². The molecular weight excluding hydrogens is 354 g/mol. The minimum atomic E-state index is 0.147. The SMILES string of the molecule is CCN(C(=O)CC1COCCN1)C1CCN(c2cc(C)nc(C(C)C)n2)CC1. The topological polar surface area (TPSA) is 70.6 Å². The number of rotatable bonds is 6. The van der Waals surface area contributed by atoms with Crippen LogP contribution in [0, 0.1) is 6.92 Å². The number of amides is 1. The molecule has 0 bridgehead atoms. The van der Waals surface area contributed by atoms with Gasteiger partial charge >= 0.3 is 0 Å². The predicted octanol–water partition coefficient (Wildman–Crippen LogP) is 2.10. The van der Waals surface area contributed by atoms with E-state index in [0.29, 0.717) is 25.0 Å². The Morgan fingerprint density at radius 2 is 2.11 bits per heavy atom. The minimum absolute atomic E-state index is 0.147. The van der Waals surface area contributed by atoms with Gasteiger partial charge in [0, 0.05) is 62.4 Å². The zero-order valence-electron chi connectivity index (χ0n) is 17.8. The second-order valence-electron chi connectivity index (χ2n) is 8.21. The Bertz CT molecular complexity index is 652. The molecular formula is C21H35N5O2. The van der Waals surface area contributed by atoms with Gasteiger partial charge in [-0.2, -0.15) is 0 Å². The summed E-state index contributed by atoms with van der Waals surface area (Å²) in [6.45, 7) is 13.2. The van der Waals surface area contributed by atoms with Crippen LogP contribution in [0.25, 0.3) is 0 Å². The van der Waals surface area contributed by atoms with Crippen molar-refractivity contribution in [3.63, 3.8) is 0 Å². The van der Waals surface area contributed by atoms with Gasteiger partial charge in [-0.15, -0.1) is 0 Å². The maximum Gasteiger partial charge on any atom is 0.224 e. The minimum Gasteiger partial charge on any atom is -0.378 e. The number of piperidine rings is 1. The molecule has 7 nitrogen and oxygen atoms in total. The van der Waals surface area contributed by atoms with Gasteiger partial charge in [-0.1, -0.05) is 13.8 Å². The molecule has 1 amide bonds. The number of nitrogens with one attached hydrogen (secondary N) is 1. The lowest BCUT2D eigenvalue weighted by molar-refractivity contribution is -0.135. The normalized spacial score (nSPS) is 21.2. The van der Waals surface area contributed by atoms with Crippen molar-refractivity contribution >= 4 is 11.7 Å². The van der Waals surface area contributed by atoms with Crippen LogP contribution in [0.1, 0.15) is 57.5 Å². The van der Waals surface area contributed by atoms with Crippen LogP contribution in [-0.2, 0) is 9.53 Å². The molecule has 28 heavy (non-hydrogen) atoms. The fourth-order valence-corrected chi connectivity index (χ4v) is 4.12. The van der Waals surface area contributed by atoms with Crippen LogP contribution in [0.3, 0.4) is 0 Å². The van der Waals surface area contributed by atoms with Gasteiger partial charge in [0.25, 0.3) is 0 Å². The zero-order chi connectivity index (χ0) is 20.1. The number of anilines is 1. The van der Waals surface area contributed by atoms with Gasteiger partial charge in [0.05, 0.1) is 13.2 Å². The molecule has 3 rings (SSSR count). The first-order valence-electron chi connectivity index (χ1n) is 10.7. The van der Waals surface area contributed by atoms with Crippen LogP contribution >= 0.6 is 0 Å². The number of aromatic nitrogens is 2. The molecule has 1 atom stereocenters. The van der Waals surface area contributed by atoms with Crippen LogP contribution in [0.15, 0.2) is 6.07 Å². The van der Waals surface area contributed by atoms with E-state index < -0.39 is 0 Å². The van der Waals surface area contributed by atoms with Gasteiger partial charge in [0.2, 0.25) is 5.91 Å². The van der Waals surface area contributed by atoms with Crippen molar-refractivity contribution in [2.24, 2.45) is 0 Å². The quantitative estimate of drug-likeness (QED) is 0.804. The Balaban J connectivity index is 1.58. The summed E-state index contributed by atoms with van der Waals surface area (Å²) in [6.07, 6.45) is 2.49. The van der Waals surface area contributed by atoms with Crippen LogP contribution in [0.2, 0.25) is 0 Å². The van der Waals surface area contributed by atoms with Gasteiger partial charge < -0.3 is 19.9 Å². The van der Waals surface area contributed by atoms with Crippen LogP contribution in [-0.4, -0.2) is 72.3 Å². The summed E-state index contributed by atoms with van der Waals surface area (Å²) in [7, 11) is 0. The molecule has 1 aromatic heterocycles. The lowest BCUT2D eigenvalue weighted by atomic mass is 10.0. The van der Waals surface area contributed by atoms with E-state index in [1.165, 1.54) is 0 Å². The van der Waals surface area contributed by atoms with Crippen molar-refractivity contribution in [2.75, 3.05) is 44.3 Å². The largest absolute Gasteiger partial charge is 0.378 e. The summed E-state index contributed by atoms with van der Waals surface area (Å²) >= 11 is 0. The summed E-state index contributed by atoms with van der Waals surface area (Å²) in [5, 5.41) is 3.39.